The van der Waals surface area contributed by atoms with Crippen molar-refractivity contribution in [1.82, 2.24) is 4.98 Å². The van der Waals surface area contributed by atoms with Gasteiger partial charge in [0.15, 0.2) is 0 Å². The second kappa shape index (κ2) is 5.60. The maximum absolute atomic E-state index is 11.9. The molecule has 0 aliphatic carbocycles. The molecule has 5 nitrogen and oxygen atoms in total. The van der Waals surface area contributed by atoms with E-state index in [1.54, 1.807) is 13.3 Å². The molecule has 1 aliphatic rings. The molecular weight excluding hydrogens is 268 g/mol. The number of carbonyl (C=O) groups excluding carboxylic acids is 1. The van der Waals surface area contributed by atoms with Crippen LogP contribution in [0.25, 0.3) is 10.8 Å². The summed E-state index contributed by atoms with van der Waals surface area (Å²) in [7, 11) is 3.08. The van der Waals surface area contributed by atoms with Crippen LogP contribution in [-0.2, 0) is 9.53 Å². The predicted molar refractivity (Wildman–Crippen MR) is 80.7 cm³/mol. The molecule has 1 saturated heterocycles. The minimum absolute atomic E-state index is 0.200. The molecule has 1 atom stereocenters. The van der Waals surface area contributed by atoms with E-state index in [4.69, 9.17) is 9.47 Å². The van der Waals surface area contributed by atoms with Crippen molar-refractivity contribution in [3.05, 3.63) is 30.5 Å². The molecule has 0 spiro atoms. The largest absolute Gasteiger partial charge is 0.496 e. The van der Waals surface area contributed by atoms with E-state index in [0.717, 1.165) is 41.7 Å². The van der Waals surface area contributed by atoms with Crippen LogP contribution in [0, 0.1) is 0 Å². The Hall–Kier alpha value is -2.30. The van der Waals surface area contributed by atoms with Crippen LogP contribution in [-0.4, -0.2) is 37.8 Å². The Bertz CT molecular complexity index is 672. The highest BCUT2D eigenvalue weighted by atomic mass is 16.5. The third kappa shape index (κ3) is 2.28. The molecule has 1 unspecified atom stereocenters. The molecule has 0 radical (unpaired) electrons. The molecule has 1 aliphatic heterocycles. The van der Waals surface area contributed by atoms with Crippen molar-refractivity contribution in [3.63, 3.8) is 0 Å². The molecule has 0 amide bonds. The molecule has 3 rings (SSSR count). The number of anilines is 1. The summed E-state index contributed by atoms with van der Waals surface area (Å²) in [5, 5.41) is 1.99. The fourth-order valence-electron chi connectivity index (χ4n) is 2.97. The highest BCUT2D eigenvalue weighted by Gasteiger charge is 2.33. The number of rotatable bonds is 3. The van der Waals surface area contributed by atoms with Crippen LogP contribution in [0.5, 0.6) is 5.75 Å². The average Bonchev–Trinajstić information content (AvgIpc) is 3.02. The van der Waals surface area contributed by atoms with Crippen molar-refractivity contribution in [2.45, 2.75) is 18.9 Å². The number of nitrogens with zero attached hydrogens (tertiary/aromatic N) is 2. The van der Waals surface area contributed by atoms with Gasteiger partial charge < -0.3 is 14.4 Å². The fourth-order valence-corrected chi connectivity index (χ4v) is 2.97. The van der Waals surface area contributed by atoms with Crippen LogP contribution in [0.3, 0.4) is 0 Å². The summed E-state index contributed by atoms with van der Waals surface area (Å²) in [5.74, 6) is 1.43. The number of fused-ring (bicyclic) bond motifs is 1. The second-order valence-electron chi connectivity index (χ2n) is 5.06. The van der Waals surface area contributed by atoms with E-state index >= 15 is 0 Å². The zero-order chi connectivity index (χ0) is 14.8. The molecule has 21 heavy (non-hydrogen) atoms. The average molecular weight is 286 g/mol. The number of esters is 1. The maximum atomic E-state index is 11.9. The van der Waals surface area contributed by atoms with Gasteiger partial charge in [0.1, 0.15) is 17.6 Å². The monoisotopic (exact) mass is 286 g/mol. The number of pyridine rings is 1. The van der Waals surface area contributed by atoms with Gasteiger partial charge in [0.25, 0.3) is 0 Å². The van der Waals surface area contributed by atoms with Crippen LogP contribution in [0.2, 0.25) is 0 Å². The lowest BCUT2D eigenvalue weighted by molar-refractivity contribution is -0.141. The van der Waals surface area contributed by atoms with Crippen molar-refractivity contribution in [3.8, 4) is 5.75 Å². The lowest BCUT2D eigenvalue weighted by Gasteiger charge is -2.25. The molecule has 1 fully saturated rings. The Labute approximate surface area is 123 Å². The quantitative estimate of drug-likeness (QED) is 0.811. The lowest BCUT2D eigenvalue weighted by atomic mass is 10.1. The van der Waals surface area contributed by atoms with Crippen LogP contribution in [0.15, 0.2) is 30.5 Å². The molecule has 0 N–H and O–H groups in total. The highest BCUT2D eigenvalue weighted by Crippen LogP contribution is 2.34. The minimum Gasteiger partial charge on any atom is -0.496 e. The molecule has 2 heterocycles. The number of benzene rings is 1. The topological polar surface area (TPSA) is 51.7 Å². The zero-order valence-corrected chi connectivity index (χ0v) is 12.2. The van der Waals surface area contributed by atoms with Gasteiger partial charge in [-0.15, -0.1) is 0 Å². The summed E-state index contributed by atoms with van der Waals surface area (Å²) < 4.78 is 10.3. The van der Waals surface area contributed by atoms with Gasteiger partial charge in [-0.3, -0.25) is 0 Å². The number of carbonyl (C=O) groups is 1. The fraction of sp³-hybridized carbons (Fsp3) is 0.375. The Morgan fingerprint density at radius 1 is 1.29 bits per heavy atom. The molecule has 0 saturated carbocycles. The van der Waals surface area contributed by atoms with E-state index in [0.29, 0.717) is 0 Å². The van der Waals surface area contributed by atoms with Crippen molar-refractivity contribution in [1.29, 1.82) is 0 Å². The summed E-state index contributed by atoms with van der Waals surface area (Å²) in [6.07, 6.45) is 3.52. The number of methoxy groups -OCH3 is 2. The molecular formula is C16H18N2O3. The lowest BCUT2D eigenvalue weighted by Crippen LogP contribution is -2.37. The van der Waals surface area contributed by atoms with E-state index in [2.05, 4.69) is 4.98 Å². The van der Waals surface area contributed by atoms with Gasteiger partial charge in [0, 0.05) is 23.5 Å². The summed E-state index contributed by atoms with van der Waals surface area (Å²) in [6.45, 7) is 0.809. The first-order valence-corrected chi connectivity index (χ1v) is 7.02. The second-order valence-corrected chi connectivity index (χ2v) is 5.06. The molecule has 1 aromatic heterocycles. The predicted octanol–water partition coefficient (Wildman–Crippen LogP) is 2.39. The van der Waals surface area contributed by atoms with Crippen LogP contribution < -0.4 is 9.64 Å². The standard InChI is InChI=1S/C16H18N2O3/c1-20-14-7-3-5-12-11(14)8-9-17-15(12)18-10-4-6-13(18)16(19)21-2/h3,5,7-9,13H,4,6,10H2,1-2H3. The summed E-state index contributed by atoms with van der Waals surface area (Å²) in [4.78, 5) is 18.5. The van der Waals surface area contributed by atoms with Crippen molar-refractivity contribution < 1.29 is 14.3 Å². The number of hydrogen-bond donors (Lipinski definition) is 0. The van der Waals surface area contributed by atoms with Gasteiger partial charge in [0.05, 0.1) is 14.2 Å². The summed E-state index contributed by atoms with van der Waals surface area (Å²) in [5.41, 5.74) is 0. The number of ether oxygens (including phenoxy) is 2. The van der Waals surface area contributed by atoms with Gasteiger partial charge >= 0.3 is 5.97 Å². The summed E-state index contributed by atoms with van der Waals surface area (Å²) in [6, 6.07) is 7.55. The van der Waals surface area contributed by atoms with E-state index < -0.39 is 0 Å². The van der Waals surface area contributed by atoms with Crippen molar-refractivity contribution in [2.75, 3.05) is 25.7 Å². The van der Waals surface area contributed by atoms with Gasteiger partial charge in [-0.2, -0.15) is 0 Å². The van der Waals surface area contributed by atoms with E-state index in [1.165, 1.54) is 7.11 Å². The molecule has 0 bridgehead atoms. The van der Waals surface area contributed by atoms with E-state index in [1.807, 2.05) is 29.2 Å². The van der Waals surface area contributed by atoms with Crippen LogP contribution in [0.1, 0.15) is 12.8 Å². The molecule has 5 heteroatoms. The highest BCUT2D eigenvalue weighted by molar-refractivity contribution is 5.97. The number of hydrogen-bond acceptors (Lipinski definition) is 5. The number of aromatic nitrogens is 1. The molecule has 2 aromatic rings. The van der Waals surface area contributed by atoms with Crippen LogP contribution >= 0.6 is 0 Å². The smallest absolute Gasteiger partial charge is 0.328 e. The van der Waals surface area contributed by atoms with Crippen molar-refractivity contribution >= 4 is 22.6 Å². The molecule has 1 aromatic carbocycles. The van der Waals surface area contributed by atoms with Gasteiger partial charge in [-0.25, -0.2) is 9.78 Å². The third-order valence-corrected chi connectivity index (χ3v) is 3.96. The molecule has 110 valence electrons. The Morgan fingerprint density at radius 2 is 2.14 bits per heavy atom. The zero-order valence-electron chi connectivity index (χ0n) is 12.2. The minimum atomic E-state index is -0.251. The summed E-state index contributed by atoms with van der Waals surface area (Å²) >= 11 is 0. The first-order valence-electron chi connectivity index (χ1n) is 7.02. The Kier molecular flexibility index (Phi) is 3.64. The first kappa shape index (κ1) is 13.7. The van der Waals surface area contributed by atoms with Gasteiger partial charge in [-0.05, 0) is 25.0 Å². The van der Waals surface area contributed by atoms with Crippen molar-refractivity contribution in [2.24, 2.45) is 0 Å². The van der Waals surface area contributed by atoms with Gasteiger partial charge in [0.2, 0.25) is 0 Å². The normalized spacial score (nSPS) is 18.0. The third-order valence-electron chi connectivity index (χ3n) is 3.96. The van der Waals surface area contributed by atoms with E-state index in [-0.39, 0.29) is 12.0 Å². The Balaban J connectivity index is 2.10. The van der Waals surface area contributed by atoms with E-state index in [9.17, 15) is 4.79 Å². The first-order chi connectivity index (χ1) is 10.3. The SMILES string of the molecule is COC(=O)C1CCCN1c1nccc2c(OC)cccc12. The maximum Gasteiger partial charge on any atom is 0.328 e. The van der Waals surface area contributed by atoms with Gasteiger partial charge in [-0.1, -0.05) is 12.1 Å². The van der Waals surface area contributed by atoms with Crippen LogP contribution in [0.4, 0.5) is 5.82 Å². The Morgan fingerprint density at radius 3 is 2.90 bits per heavy atom.